The van der Waals surface area contributed by atoms with Gasteiger partial charge in [0.2, 0.25) is 6.43 Å². The van der Waals surface area contributed by atoms with E-state index in [2.05, 4.69) is 4.98 Å². The van der Waals surface area contributed by atoms with Crippen molar-refractivity contribution >= 4 is 17.6 Å². The number of carbonyl (C=O) groups is 1. The maximum atomic E-state index is 12.5. The molecular weight excluding hydrogens is 228 g/mol. The van der Waals surface area contributed by atoms with E-state index in [4.69, 9.17) is 16.7 Å². The van der Waals surface area contributed by atoms with Crippen LogP contribution in [0.1, 0.15) is 18.0 Å². The highest BCUT2D eigenvalue weighted by Crippen LogP contribution is 2.26. The third-order valence-electron chi connectivity index (χ3n) is 1.82. The predicted molar refractivity (Wildman–Crippen MR) is 50.2 cm³/mol. The molecule has 0 amide bonds. The van der Waals surface area contributed by atoms with Gasteiger partial charge in [0.05, 0.1) is 18.0 Å². The normalized spacial score (nSPS) is 12.8. The molecule has 1 heterocycles. The number of carboxylic acids is 1. The molecule has 1 aromatic rings. The van der Waals surface area contributed by atoms with Crippen LogP contribution in [0.15, 0.2) is 18.2 Å². The van der Waals surface area contributed by atoms with Crippen molar-refractivity contribution in [2.24, 2.45) is 0 Å². The molecule has 1 rings (SSSR count). The van der Waals surface area contributed by atoms with Gasteiger partial charge in [-0.25, -0.2) is 13.8 Å². The zero-order chi connectivity index (χ0) is 11.4. The van der Waals surface area contributed by atoms with E-state index in [1.165, 1.54) is 18.2 Å². The lowest BCUT2D eigenvalue weighted by atomic mass is 10.0. The highest BCUT2D eigenvalue weighted by atomic mass is 35.5. The molecule has 0 bridgehead atoms. The molecule has 0 spiro atoms. The molecule has 6 heteroatoms. The number of alkyl halides is 2. The molecule has 0 saturated heterocycles. The van der Waals surface area contributed by atoms with E-state index >= 15 is 0 Å². The van der Waals surface area contributed by atoms with Crippen molar-refractivity contribution in [1.82, 2.24) is 4.98 Å². The first-order chi connectivity index (χ1) is 7.00. The molecule has 0 saturated carbocycles. The van der Waals surface area contributed by atoms with Crippen LogP contribution in [0, 0.1) is 0 Å². The Labute approximate surface area is 89.7 Å². The molecule has 15 heavy (non-hydrogen) atoms. The number of aliphatic carboxylic acids is 1. The van der Waals surface area contributed by atoms with E-state index in [1.807, 2.05) is 0 Å². The minimum atomic E-state index is -2.77. The van der Waals surface area contributed by atoms with Crippen molar-refractivity contribution in [2.45, 2.75) is 18.8 Å². The van der Waals surface area contributed by atoms with Crippen molar-refractivity contribution in [3.8, 4) is 0 Å². The van der Waals surface area contributed by atoms with Crippen LogP contribution in [0.4, 0.5) is 8.78 Å². The van der Waals surface area contributed by atoms with Crippen LogP contribution in [0.3, 0.4) is 0 Å². The van der Waals surface area contributed by atoms with Gasteiger partial charge in [-0.2, -0.15) is 0 Å². The van der Waals surface area contributed by atoms with Gasteiger partial charge < -0.3 is 5.11 Å². The topological polar surface area (TPSA) is 50.2 Å². The Kier molecular flexibility index (Phi) is 3.96. The van der Waals surface area contributed by atoms with Gasteiger partial charge in [-0.1, -0.05) is 17.7 Å². The second kappa shape index (κ2) is 5.02. The molecular formula is C9H8ClF2NO2. The van der Waals surface area contributed by atoms with Crippen LogP contribution in [0.5, 0.6) is 0 Å². The Hall–Kier alpha value is -1.23. The Morgan fingerprint density at radius 3 is 2.67 bits per heavy atom. The summed E-state index contributed by atoms with van der Waals surface area (Å²) >= 11 is 5.53. The van der Waals surface area contributed by atoms with Gasteiger partial charge in [0, 0.05) is 0 Å². The van der Waals surface area contributed by atoms with Gasteiger partial charge in [0.1, 0.15) is 5.15 Å². The van der Waals surface area contributed by atoms with Gasteiger partial charge in [-0.15, -0.1) is 0 Å². The summed E-state index contributed by atoms with van der Waals surface area (Å²) in [5.41, 5.74) is -0.0000926. The molecule has 0 aliphatic heterocycles. The highest BCUT2D eigenvalue weighted by molar-refractivity contribution is 6.29. The zero-order valence-electron chi connectivity index (χ0n) is 7.53. The van der Waals surface area contributed by atoms with E-state index in [-0.39, 0.29) is 10.8 Å². The van der Waals surface area contributed by atoms with E-state index in [0.717, 1.165) is 0 Å². The molecule has 1 N–H and O–H groups in total. The van der Waals surface area contributed by atoms with Crippen LogP contribution in [0.25, 0.3) is 0 Å². The quantitative estimate of drug-likeness (QED) is 0.816. The first-order valence-electron chi connectivity index (χ1n) is 4.13. The van der Waals surface area contributed by atoms with Gasteiger partial charge in [-0.3, -0.25) is 4.79 Å². The summed E-state index contributed by atoms with van der Waals surface area (Å²) in [5, 5.41) is 8.54. The summed E-state index contributed by atoms with van der Waals surface area (Å²) in [5.74, 6) is -2.71. The number of hydrogen-bond acceptors (Lipinski definition) is 2. The van der Waals surface area contributed by atoms with Crippen molar-refractivity contribution in [1.29, 1.82) is 0 Å². The third-order valence-corrected chi connectivity index (χ3v) is 2.03. The van der Waals surface area contributed by atoms with E-state index in [1.54, 1.807) is 0 Å². The van der Waals surface area contributed by atoms with Crippen molar-refractivity contribution < 1.29 is 18.7 Å². The van der Waals surface area contributed by atoms with Crippen LogP contribution in [0.2, 0.25) is 5.15 Å². The lowest BCUT2D eigenvalue weighted by molar-refractivity contribution is -0.138. The van der Waals surface area contributed by atoms with E-state index < -0.39 is 24.7 Å². The third kappa shape index (κ3) is 3.43. The van der Waals surface area contributed by atoms with Crippen LogP contribution in [-0.2, 0) is 4.79 Å². The maximum Gasteiger partial charge on any atom is 0.304 e. The molecule has 3 nitrogen and oxygen atoms in total. The second-order valence-corrected chi connectivity index (χ2v) is 3.31. The molecule has 0 aliphatic carbocycles. The summed E-state index contributed by atoms with van der Waals surface area (Å²) in [6.07, 6.45) is -3.43. The molecule has 0 aliphatic rings. The molecule has 0 aromatic carbocycles. The number of hydrogen-bond donors (Lipinski definition) is 1. The Bertz CT molecular complexity index is 360. The minimum absolute atomic E-state index is 0.0000926. The summed E-state index contributed by atoms with van der Waals surface area (Å²) < 4.78 is 25.1. The van der Waals surface area contributed by atoms with Crippen LogP contribution in [-0.4, -0.2) is 22.5 Å². The molecule has 1 aromatic heterocycles. The van der Waals surface area contributed by atoms with Gasteiger partial charge in [-0.05, 0) is 12.1 Å². The fourth-order valence-electron chi connectivity index (χ4n) is 1.14. The highest BCUT2D eigenvalue weighted by Gasteiger charge is 2.26. The number of carboxylic acid groups (broad SMARTS) is 1. The van der Waals surface area contributed by atoms with Crippen LogP contribution >= 0.6 is 11.6 Å². The summed E-state index contributed by atoms with van der Waals surface area (Å²) in [4.78, 5) is 14.0. The second-order valence-electron chi connectivity index (χ2n) is 2.92. The first kappa shape index (κ1) is 11.8. The monoisotopic (exact) mass is 235 g/mol. The molecule has 1 atom stereocenters. The Morgan fingerprint density at radius 2 is 2.20 bits per heavy atom. The average molecular weight is 236 g/mol. The molecule has 0 radical (unpaired) electrons. The van der Waals surface area contributed by atoms with Crippen LogP contribution < -0.4 is 0 Å². The lowest BCUT2D eigenvalue weighted by Crippen LogP contribution is -2.15. The van der Waals surface area contributed by atoms with Crippen molar-refractivity contribution in [2.75, 3.05) is 0 Å². The molecule has 0 fully saturated rings. The van der Waals surface area contributed by atoms with Gasteiger partial charge in [0.25, 0.3) is 0 Å². The molecule has 82 valence electrons. The predicted octanol–water partition coefficient (Wildman–Crippen LogP) is 2.56. The Morgan fingerprint density at radius 1 is 1.53 bits per heavy atom. The number of aromatic nitrogens is 1. The number of halogens is 3. The fraction of sp³-hybridized carbons (Fsp3) is 0.333. The Balaban J connectivity index is 2.93. The fourth-order valence-corrected chi connectivity index (χ4v) is 1.31. The average Bonchev–Trinajstić information content (AvgIpc) is 2.13. The standard InChI is InChI=1S/C9H8ClF2NO2/c10-7-3-1-2-6(13-7)5(9(11)12)4-8(14)15/h1-3,5,9H,4H2,(H,14,15). The largest absolute Gasteiger partial charge is 0.481 e. The zero-order valence-corrected chi connectivity index (χ0v) is 8.29. The summed E-state index contributed by atoms with van der Waals surface area (Å²) in [6.45, 7) is 0. The smallest absolute Gasteiger partial charge is 0.304 e. The summed E-state index contributed by atoms with van der Waals surface area (Å²) in [7, 11) is 0. The van der Waals surface area contributed by atoms with E-state index in [0.29, 0.717) is 0 Å². The number of nitrogens with zero attached hydrogens (tertiary/aromatic N) is 1. The maximum absolute atomic E-state index is 12.5. The SMILES string of the molecule is O=C(O)CC(c1cccc(Cl)n1)C(F)F. The minimum Gasteiger partial charge on any atom is -0.481 e. The lowest BCUT2D eigenvalue weighted by Gasteiger charge is -2.12. The van der Waals surface area contributed by atoms with Gasteiger partial charge >= 0.3 is 5.97 Å². The number of rotatable bonds is 4. The molecule has 1 unspecified atom stereocenters. The number of pyridine rings is 1. The first-order valence-corrected chi connectivity index (χ1v) is 4.51. The van der Waals surface area contributed by atoms with E-state index in [9.17, 15) is 13.6 Å². The van der Waals surface area contributed by atoms with Gasteiger partial charge in [0.15, 0.2) is 0 Å². The summed E-state index contributed by atoms with van der Waals surface area (Å²) in [6, 6.07) is 4.24. The van der Waals surface area contributed by atoms with Crippen molar-refractivity contribution in [3.05, 3.63) is 29.0 Å². The van der Waals surface area contributed by atoms with Crippen molar-refractivity contribution in [3.63, 3.8) is 0 Å².